The van der Waals surface area contributed by atoms with Gasteiger partial charge in [-0.2, -0.15) is 0 Å². The van der Waals surface area contributed by atoms with Gasteiger partial charge in [-0.3, -0.25) is 4.79 Å². The lowest BCUT2D eigenvalue weighted by Gasteiger charge is -2.28. The van der Waals surface area contributed by atoms with E-state index in [4.69, 9.17) is 37.7 Å². The van der Waals surface area contributed by atoms with Gasteiger partial charge in [0, 0.05) is 22.9 Å². The number of para-hydroxylation sites is 1. The number of carbonyl (C=O) groups excluding carboxylic acids is 1. The van der Waals surface area contributed by atoms with Gasteiger partial charge in [-0.1, -0.05) is 49.0 Å². The molecule has 1 unspecified atom stereocenters. The van der Waals surface area contributed by atoms with Crippen LogP contribution in [-0.2, 0) is 0 Å². The molecule has 0 aliphatic carbocycles. The van der Waals surface area contributed by atoms with Crippen LogP contribution in [0.4, 0.5) is 5.69 Å². The van der Waals surface area contributed by atoms with Crippen molar-refractivity contribution in [3.8, 4) is 62.8 Å². The molecule has 12 nitrogen and oxygen atoms in total. The highest BCUT2D eigenvalue weighted by Crippen LogP contribution is 2.42. The molecule has 0 bridgehead atoms. The van der Waals surface area contributed by atoms with Crippen LogP contribution in [-0.4, -0.2) is 59.8 Å². The number of methoxy groups -OCH3 is 5. The quantitative estimate of drug-likeness (QED) is 0.0789. The zero-order valence-corrected chi connectivity index (χ0v) is 31.4. The fraction of sp³-hybridized carbons (Fsp3) is 0.333. The number of anilines is 1. The van der Waals surface area contributed by atoms with Crippen LogP contribution in [0.1, 0.15) is 60.6 Å². The highest BCUT2D eigenvalue weighted by Gasteiger charge is 2.25. The first-order chi connectivity index (χ1) is 26.5. The van der Waals surface area contributed by atoms with E-state index in [1.165, 1.54) is 0 Å². The summed E-state index contributed by atoms with van der Waals surface area (Å²) in [5.74, 6) is 4.62. The van der Waals surface area contributed by atoms with Crippen LogP contribution in [0.25, 0.3) is 22.6 Å². The van der Waals surface area contributed by atoms with Crippen molar-refractivity contribution in [2.75, 3.05) is 54.1 Å². The number of nitrogens with one attached hydrogen (secondary N) is 2. The first-order valence-electron chi connectivity index (χ1n) is 18.0. The third-order valence-corrected chi connectivity index (χ3v) is 9.24. The fourth-order valence-corrected chi connectivity index (χ4v) is 6.35. The van der Waals surface area contributed by atoms with Gasteiger partial charge < -0.3 is 48.3 Å². The highest BCUT2D eigenvalue weighted by atomic mass is 16.5. The average molecular weight is 738 g/mol. The van der Waals surface area contributed by atoms with E-state index in [1.54, 1.807) is 41.6 Å². The lowest BCUT2D eigenvalue weighted by atomic mass is 10.1. The molecule has 2 heterocycles. The number of rotatable bonds is 19. The van der Waals surface area contributed by atoms with Gasteiger partial charge >= 0.3 is 0 Å². The Hall–Kier alpha value is -6.04. The van der Waals surface area contributed by atoms with E-state index in [0.717, 1.165) is 60.9 Å². The monoisotopic (exact) mass is 737 g/mol. The Morgan fingerprint density at radius 1 is 0.593 bits per heavy atom. The third-order valence-electron chi connectivity index (χ3n) is 9.24. The normalized spacial score (nSPS) is 13.3. The topological polar surface area (TPSA) is 132 Å². The Morgan fingerprint density at radius 3 is 1.91 bits per heavy atom. The third kappa shape index (κ3) is 8.76. The molecule has 0 radical (unpaired) electrons. The largest absolute Gasteiger partial charge is 0.493 e. The fourth-order valence-electron chi connectivity index (χ4n) is 6.35. The van der Waals surface area contributed by atoms with Crippen LogP contribution in [0, 0.1) is 0 Å². The number of unbranched alkanes of at least 4 members (excludes halogenated alkanes) is 5. The van der Waals surface area contributed by atoms with Crippen molar-refractivity contribution < 1.29 is 42.5 Å². The van der Waals surface area contributed by atoms with Crippen molar-refractivity contribution in [3.05, 3.63) is 90.0 Å². The van der Waals surface area contributed by atoms with E-state index < -0.39 is 0 Å². The molecule has 5 aromatic rings. The second kappa shape index (κ2) is 18.1. The first kappa shape index (κ1) is 37.7. The number of fused-ring (bicyclic) bond motifs is 1. The number of hydrogen-bond acceptors (Lipinski definition) is 11. The van der Waals surface area contributed by atoms with Crippen LogP contribution in [0.15, 0.2) is 83.4 Å². The minimum Gasteiger partial charge on any atom is -0.493 e. The molecule has 0 saturated carbocycles. The molecule has 2 N–H and O–H groups in total. The summed E-state index contributed by atoms with van der Waals surface area (Å²) >= 11 is 0. The van der Waals surface area contributed by atoms with Crippen LogP contribution in [0.2, 0.25) is 0 Å². The summed E-state index contributed by atoms with van der Waals surface area (Å²) in [6.07, 6.45) is 5.82. The molecule has 284 valence electrons. The van der Waals surface area contributed by atoms with Gasteiger partial charge in [0.25, 0.3) is 5.91 Å². The predicted octanol–water partition coefficient (Wildman–Crippen LogP) is 8.70. The maximum absolute atomic E-state index is 12.6. The molecule has 1 amide bonds. The Balaban J connectivity index is 0.923. The minimum absolute atomic E-state index is 0.111. The number of hydrogen-bond donors (Lipinski definition) is 2. The lowest BCUT2D eigenvalue weighted by Crippen LogP contribution is -2.38. The number of ether oxygens (including phenoxy) is 7. The molecule has 1 aliphatic heterocycles. The smallest absolute Gasteiger partial charge is 0.255 e. The van der Waals surface area contributed by atoms with Crippen molar-refractivity contribution in [1.29, 1.82) is 0 Å². The van der Waals surface area contributed by atoms with Crippen LogP contribution < -0.4 is 43.8 Å². The molecule has 1 aliphatic rings. The summed E-state index contributed by atoms with van der Waals surface area (Å²) in [6, 6.07) is 24.4. The number of benzene rings is 4. The SMILES string of the molecule is COc1cc(C2NC(=O)c3ccccc3N2)ccc1OCCCCCCCCOc1cc(-c2cc(-c3cc(OC)c(OC)c(OC)c3)on2)ccc1OC. The molecule has 4 aromatic carbocycles. The van der Waals surface area contributed by atoms with Gasteiger partial charge in [-0.15, -0.1) is 0 Å². The van der Waals surface area contributed by atoms with E-state index in [9.17, 15) is 4.79 Å². The van der Waals surface area contributed by atoms with Crippen molar-refractivity contribution in [3.63, 3.8) is 0 Å². The van der Waals surface area contributed by atoms with Crippen LogP contribution >= 0.6 is 0 Å². The van der Waals surface area contributed by atoms with Crippen molar-refractivity contribution >= 4 is 11.6 Å². The van der Waals surface area contributed by atoms with E-state index in [-0.39, 0.29) is 12.1 Å². The summed E-state index contributed by atoms with van der Waals surface area (Å²) in [6.45, 7) is 1.16. The molecule has 0 saturated heterocycles. The van der Waals surface area contributed by atoms with E-state index in [2.05, 4.69) is 15.8 Å². The Labute approximate surface area is 315 Å². The maximum atomic E-state index is 12.6. The zero-order valence-electron chi connectivity index (χ0n) is 31.4. The molecule has 54 heavy (non-hydrogen) atoms. The Bertz CT molecular complexity index is 2000. The van der Waals surface area contributed by atoms with Gasteiger partial charge in [-0.25, -0.2) is 0 Å². The summed E-state index contributed by atoms with van der Waals surface area (Å²) in [4.78, 5) is 12.6. The molecule has 0 spiro atoms. The second-order valence-corrected chi connectivity index (χ2v) is 12.7. The number of amides is 1. The molecule has 12 heteroatoms. The second-order valence-electron chi connectivity index (χ2n) is 12.7. The van der Waals surface area contributed by atoms with E-state index >= 15 is 0 Å². The van der Waals surface area contributed by atoms with E-state index in [0.29, 0.717) is 70.5 Å². The molecule has 0 fully saturated rings. The van der Waals surface area contributed by atoms with Gasteiger partial charge in [0.15, 0.2) is 40.3 Å². The molecular weight excluding hydrogens is 690 g/mol. The first-order valence-corrected chi connectivity index (χ1v) is 18.0. The molecular formula is C42H47N3O9. The summed E-state index contributed by atoms with van der Waals surface area (Å²) in [5, 5.41) is 10.7. The van der Waals surface area contributed by atoms with Crippen molar-refractivity contribution in [1.82, 2.24) is 10.5 Å². The van der Waals surface area contributed by atoms with E-state index in [1.807, 2.05) is 72.8 Å². The molecule has 1 atom stereocenters. The average Bonchev–Trinajstić information content (AvgIpc) is 3.71. The van der Waals surface area contributed by atoms with Gasteiger partial charge in [-0.05, 0) is 73.0 Å². The Morgan fingerprint density at radius 2 is 1.22 bits per heavy atom. The predicted molar refractivity (Wildman–Crippen MR) is 206 cm³/mol. The highest BCUT2D eigenvalue weighted by molar-refractivity contribution is 6.01. The van der Waals surface area contributed by atoms with Crippen LogP contribution in [0.5, 0.6) is 40.2 Å². The van der Waals surface area contributed by atoms with Gasteiger partial charge in [0.05, 0.1) is 54.3 Å². The zero-order chi connectivity index (χ0) is 37.9. The number of carbonyl (C=O) groups is 1. The van der Waals surface area contributed by atoms with Gasteiger partial charge in [0.2, 0.25) is 5.75 Å². The summed E-state index contributed by atoms with van der Waals surface area (Å²) in [7, 11) is 7.96. The van der Waals surface area contributed by atoms with Crippen molar-refractivity contribution in [2.45, 2.75) is 44.7 Å². The van der Waals surface area contributed by atoms with Gasteiger partial charge in [0.1, 0.15) is 11.9 Å². The maximum Gasteiger partial charge on any atom is 0.255 e. The number of nitrogens with zero attached hydrogens (tertiary/aromatic N) is 1. The standard InChI is InChI=1S/C42H47N3O9/c1-47-33-18-16-27(32-26-35(54-45-32)29-24-38(49-3)40(51-5)39(25-29)50-4)22-37(33)53-21-13-9-7-6-8-12-20-52-34-19-17-28(23-36(34)48-2)41-43-31-15-11-10-14-30(31)42(46)44-41/h10-11,14-19,22-26,41,43H,6-9,12-13,20-21H2,1-5H3,(H,44,46). The molecule has 1 aromatic heterocycles. The summed E-state index contributed by atoms with van der Waals surface area (Å²) < 4.78 is 45.5. The van der Waals surface area contributed by atoms with Crippen molar-refractivity contribution in [2.24, 2.45) is 0 Å². The van der Waals surface area contributed by atoms with Crippen LogP contribution in [0.3, 0.4) is 0 Å². The number of aromatic nitrogens is 1. The molecule has 6 rings (SSSR count). The summed E-state index contributed by atoms with van der Waals surface area (Å²) in [5.41, 5.74) is 4.55. The Kier molecular flexibility index (Phi) is 12.7. The minimum atomic E-state index is -0.358. The lowest BCUT2D eigenvalue weighted by molar-refractivity contribution is 0.0935.